The fourth-order valence-corrected chi connectivity index (χ4v) is 1.37. The summed E-state index contributed by atoms with van der Waals surface area (Å²) in [5, 5.41) is 0. The molecule has 2 aromatic rings. The minimum atomic E-state index is -0.0846. The molecular formula is C12H11NO2. The van der Waals surface area contributed by atoms with Crippen molar-refractivity contribution >= 4 is 5.78 Å². The van der Waals surface area contributed by atoms with Gasteiger partial charge in [0.25, 0.3) is 0 Å². The number of carbonyl (C=O) groups excluding carboxylic acids is 1. The highest BCUT2D eigenvalue weighted by Crippen LogP contribution is 2.22. The Morgan fingerprint density at radius 1 is 1.33 bits per heavy atom. The molecule has 1 aromatic carbocycles. The molecule has 1 aromatic heterocycles. The molecule has 0 bridgehead atoms. The summed E-state index contributed by atoms with van der Waals surface area (Å²) in [6, 6.07) is 7.77. The number of aryl methyl sites for hydroxylation is 1. The Balaban J connectivity index is 2.46. The van der Waals surface area contributed by atoms with Gasteiger partial charge in [-0.3, -0.25) is 4.79 Å². The Kier molecular flexibility index (Phi) is 2.37. The highest BCUT2D eigenvalue weighted by atomic mass is 16.3. The lowest BCUT2D eigenvalue weighted by molar-refractivity contribution is 0.101. The van der Waals surface area contributed by atoms with Crippen molar-refractivity contribution in [2.24, 2.45) is 0 Å². The summed E-state index contributed by atoms with van der Waals surface area (Å²) >= 11 is 0. The van der Waals surface area contributed by atoms with Crippen LogP contribution in [0, 0.1) is 6.92 Å². The van der Waals surface area contributed by atoms with E-state index in [1.807, 2.05) is 31.2 Å². The number of Topliss-reactive ketones (excluding diaryl/α,β-unsaturated/α-hetero) is 1. The van der Waals surface area contributed by atoms with Gasteiger partial charge in [0.2, 0.25) is 5.89 Å². The average molecular weight is 201 g/mol. The van der Waals surface area contributed by atoms with Crippen LogP contribution in [-0.2, 0) is 0 Å². The fraction of sp³-hybridized carbons (Fsp3) is 0.167. The van der Waals surface area contributed by atoms with Crippen LogP contribution in [0.2, 0.25) is 0 Å². The molecule has 2 rings (SSSR count). The van der Waals surface area contributed by atoms with Crippen molar-refractivity contribution in [3.8, 4) is 11.5 Å². The summed E-state index contributed by atoms with van der Waals surface area (Å²) < 4.78 is 5.26. The average Bonchev–Trinajstić information content (AvgIpc) is 2.67. The third kappa shape index (κ3) is 1.81. The highest BCUT2D eigenvalue weighted by molar-refractivity contribution is 5.92. The quantitative estimate of drug-likeness (QED) is 0.701. The Morgan fingerprint density at radius 2 is 2.07 bits per heavy atom. The number of oxazole rings is 1. The lowest BCUT2D eigenvalue weighted by Crippen LogP contribution is -1.91. The van der Waals surface area contributed by atoms with Gasteiger partial charge in [0.15, 0.2) is 5.78 Å². The first-order chi connectivity index (χ1) is 7.18. The summed E-state index contributed by atoms with van der Waals surface area (Å²) in [4.78, 5) is 15.2. The van der Waals surface area contributed by atoms with Crippen molar-refractivity contribution < 1.29 is 9.21 Å². The Hall–Kier alpha value is -1.90. The normalized spacial score (nSPS) is 10.3. The van der Waals surface area contributed by atoms with Gasteiger partial charge >= 0.3 is 0 Å². The van der Waals surface area contributed by atoms with Crippen molar-refractivity contribution in [2.45, 2.75) is 13.8 Å². The molecule has 0 spiro atoms. The molecule has 0 fully saturated rings. The number of ketones is 1. The minimum Gasteiger partial charge on any atom is -0.444 e. The minimum absolute atomic E-state index is 0.0846. The summed E-state index contributed by atoms with van der Waals surface area (Å²) in [6.07, 6.45) is 1.39. The molecule has 0 aliphatic carbocycles. The van der Waals surface area contributed by atoms with Crippen molar-refractivity contribution in [1.29, 1.82) is 0 Å². The van der Waals surface area contributed by atoms with Gasteiger partial charge in [-0.15, -0.1) is 0 Å². The number of aromatic nitrogens is 1. The van der Waals surface area contributed by atoms with E-state index >= 15 is 0 Å². The lowest BCUT2D eigenvalue weighted by atomic mass is 10.1. The zero-order valence-corrected chi connectivity index (χ0v) is 8.65. The van der Waals surface area contributed by atoms with Crippen LogP contribution in [-0.4, -0.2) is 10.8 Å². The van der Waals surface area contributed by atoms with Crippen molar-refractivity contribution in [3.63, 3.8) is 0 Å². The maximum atomic E-state index is 11.1. The van der Waals surface area contributed by atoms with Gasteiger partial charge in [-0.2, -0.15) is 0 Å². The zero-order valence-electron chi connectivity index (χ0n) is 8.65. The second kappa shape index (κ2) is 3.69. The third-order valence-electron chi connectivity index (χ3n) is 2.24. The van der Waals surface area contributed by atoms with E-state index in [1.165, 1.54) is 13.2 Å². The molecule has 0 atom stereocenters. The SMILES string of the molecule is CC(=O)c1coc(-c2ccccc2C)n1. The number of benzene rings is 1. The molecule has 15 heavy (non-hydrogen) atoms. The molecule has 1 heterocycles. The van der Waals surface area contributed by atoms with E-state index in [4.69, 9.17) is 4.42 Å². The number of rotatable bonds is 2. The molecule has 0 saturated carbocycles. The topological polar surface area (TPSA) is 43.1 Å². The number of hydrogen-bond donors (Lipinski definition) is 0. The molecule has 3 nitrogen and oxygen atoms in total. The number of carbonyl (C=O) groups is 1. The van der Waals surface area contributed by atoms with Crippen LogP contribution >= 0.6 is 0 Å². The summed E-state index contributed by atoms with van der Waals surface area (Å²) in [5.74, 6) is 0.414. The first-order valence-electron chi connectivity index (χ1n) is 4.71. The Morgan fingerprint density at radius 3 is 2.67 bits per heavy atom. The smallest absolute Gasteiger partial charge is 0.226 e. The Bertz CT molecular complexity index is 500. The number of hydrogen-bond acceptors (Lipinski definition) is 3. The molecule has 0 radical (unpaired) electrons. The molecule has 0 aliphatic rings. The maximum absolute atomic E-state index is 11.1. The second-order valence-electron chi connectivity index (χ2n) is 3.41. The van der Waals surface area contributed by atoms with Gasteiger partial charge in [-0.1, -0.05) is 18.2 Å². The third-order valence-corrected chi connectivity index (χ3v) is 2.24. The van der Waals surface area contributed by atoms with Gasteiger partial charge in [0, 0.05) is 12.5 Å². The van der Waals surface area contributed by atoms with Crippen molar-refractivity contribution in [3.05, 3.63) is 41.8 Å². The summed E-state index contributed by atoms with van der Waals surface area (Å²) in [5.41, 5.74) is 2.37. The first-order valence-corrected chi connectivity index (χ1v) is 4.71. The van der Waals surface area contributed by atoms with E-state index < -0.39 is 0 Å². The lowest BCUT2D eigenvalue weighted by Gasteiger charge is -1.98. The molecule has 0 saturated heterocycles. The molecule has 76 valence electrons. The van der Waals surface area contributed by atoms with E-state index in [2.05, 4.69) is 4.98 Å². The van der Waals surface area contributed by atoms with E-state index in [1.54, 1.807) is 0 Å². The summed E-state index contributed by atoms with van der Waals surface area (Å²) in [7, 11) is 0. The van der Waals surface area contributed by atoms with Gasteiger partial charge in [-0.05, 0) is 18.6 Å². The van der Waals surface area contributed by atoms with Gasteiger partial charge in [0.05, 0.1) is 0 Å². The van der Waals surface area contributed by atoms with Crippen molar-refractivity contribution in [2.75, 3.05) is 0 Å². The van der Waals surface area contributed by atoms with Gasteiger partial charge < -0.3 is 4.42 Å². The molecule has 0 aliphatic heterocycles. The maximum Gasteiger partial charge on any atom is 0.226 e. The van der Waals surface area contributed by atoms with Crippen LogP contribution in [0.5, 0.6) is 0 Å². The van der Waals surface area contributed by atoms with E-state index in [0.29, 0.717) is 11.6 Å². The van der Waals surface area contributed by atoms with E-state index in [0.717, 1.165) is 11.1 Å². The monoisotopic (exact) mass is 201 g/mol. The highest BCUT2D eigenvalue weighted by Gasteiger charge is 2.10. The predicted molar refractivity (Wildman–Crippen MR) is 56.7 cm³/mol. The summed E-state index contributed by atoms with van der Waals surface area (Å²) in [6.45, 7) is 3.45. The zero-order chi connectivity index (χ0) is 10.8. The standard InChI is InChI=1S/C12H11NO2/c1-8-5-3-4-6-10(8)12-13-11(7-15-12)9(2)14/h3-7H,1-2H3. The Labute approximate surface area is 87.8 Å². The van der Waals surface area contributed by atoms with Crippen molar-refractivity contribution in [1.82, 2.24) is 4.98 Å². The predicted octanol–water partition coefficient (Wildman–Crippen LogP) is 2.85. The largest absolute Gasteiger partial charge is 0.444 e. The molecule has 0 unspecified atom stereocenters. The molecule has 3 heteroatoms. The van der Waals surface area contributed by atoms with Crippen LogP contribution in [0.25, 0.3) is 11.5 Å². The molecular weight excluding hydrogens is 190 g/mol. The van der Waals surface area contributed by atoms with Crippen LogP contribution in [0.3, 0.4) is 0 Å². The van der Waals surface area contributed by atoms with Gasteiger partial charge in [-0.25, -0.2) is 4.98 Å². The molecule has 0 N–H and O–H groups in total. The first kappa shape index (κ1) is 9.65. The fourth-order valence-electron chi connectivity index (χ4n) is 1.37. The van der Waals surface area contributed by atoms with Crippen LogP contribution in [0.15, 0.2) is 34.9 Å². The second-order valence-corrected chi connectivity index (χ2v) is 3.41. The van der Waals surface area contributed by atoms with Crippen LogP contribution < -0.4 is 0 Å². The molecule has 0 amide bonds. The van der Waals surface area contributed by atoms with Crippen LogP contribution in [0.4, 0.5) is 0 Å². The van der Waals surface area contributed by atoms with Gasteiger partial charge in [0.1, 0.15) is 12.0 Å². The van der Waals surface area contributed by atoms with Crippen LogP contribution in [0.1, 0.15) is 23.0 Å². The van der Waals surface area contributed by atoms with E-state index in [9.17, 15) is 4.79 Å². The van der Waals surface area contributed by atoms with E-state index in [-0.39, 0.29) is 5.78 Å². The number of nitrogens with zero attached hydrogens (tertiary/aromatic N) is 1.